The first-order valence-corrected chi connectivity index (χ1v) is 7.57. The van der Waals surface area contributed by atoms with Crippen LogP contribution in [0.1, 0.15) is 36.5 Å². The van der Waals surface area contributed by atoms with Gasteiger partial charge in [0.25, 0.3) is 0 Å². The molecule has 2 nitrogen and oxygen atoms in total. The lowest BCUT2D eigenvalue weighted by Crippen LogP contribution is -1.98. The van der Waals surface area contributed by atoms with E-state index in [0.29, 0.717) is 12.5 Å². The van der Waals surface area contributed by atoms with Crippen molar-refractivity contribution in [2.75, 3.05) is 0 Å². The Balaban J connectivity index is 2.34. The minimum atomic E-state index is 0.428. The van der Waals surface area contributed by atoms with E-state index in [1.54, 1.807) is 0 Å². The molecule has 0 saturated heterocycles. The maximum absolute atomic E-state index is 6.06. The average Bonchev–Trinajstić information content (AvgIpc) is 2.38. The number of benzene rings is 2. The Labute approximate surface area is 129 Å². The maximum Gasteiger partial charge on any atom is 0.131 e. The number of halogens is 1. The van der Waals surface area contributed by atoms with Gasteiger partial charge in [-0.3, -0.25) is 0 Å². The van der Waals surface area contributed by atoms with E-state index in [-0.39, 0.29) is 0 Å². The summed E-state index contributed by atoms with van der Waals surface area (Å²) in [6, 6.07) is 12.3. The van der Waals surface area contributed by atoms with Gasteiger partial charge in [0.15, 0.2) is 0 Å². The van der Waals surface area contributed by atoms with Crippen molar-refractivity contribution >= 4 is 15.9 Å². The Morgan fingerprint density at radius 2 is 1.90 bits per heavy atom. The summed E-state index contributed by atoms with van der Waals surface area (Å²) in [6.07, 6.45) is 0. The highest BCUT2D eigenvalue weighted by atomic mass is 79.9. The van der Waals surface area contributed by atoms with Crippen molar-refractivity contribution < 1.29 is 4.74 Å². The zero-order valence-corrected chi connectivity index (χ0v) is 13.7. The van der Waals surface area contributed by atoms with Crippen molar-refractivity contribution in [1.82, 2.24) is 0 Å². The first-order chi connectivity index (χ1) is 9.51. The molecular weight excluding hydrogens is 314 g/mol. The summed E-state index contributed by atoms with van der Waals surface area (Å²) in [4.78, 5) is 0. The molecule has 0 unspecified atom stereocenters. The van der Waals surface area contributed by atoms with Crippen LogP contribution in [-0.4, -0.2) is 0 Å². The number of ether oxygens (including phenoxy) is 1. The zero-order valence-electron chi connectivity index (χ0n) is 12.1. The smallest absolute Gasteiger partial charge is 0.131 e. The van der Waals surface area contributed by atoms with E-state index in [2.05, 4.69) is 54.9 Å². The Bertz CT molecular complexity index is 608. The van der Waals surface area contributed by atoms with Gasteiger partial charge in [0.05, 0.1) is 0 Å². The number of hydrogen-bond acceptors (Lipinski definition) is 2. The van der Waals surface area contributed by atoms with Crippen LogP contribution in [0.25, 0.3) is 0 Å². The number of rotatable bonds is 4. The van der Waals surface area contributed by atoms with E-state index in [4.69, 9.17) is 10.5 Å². The number of nitrogens with two attached hydrogens (primary N) is 1. The molecule has 0 atom stereocenters. The molecule has 0 radical (unpaired) electrons. The van der Waals surface area contributed by atoms with Gasteiger partial charge in [-0.2, -0.15) is 0 Å². The quantitative estimate of drug-likeness (QED) is 0.841. The first kappa shape index (κ1) is 15.1. The van der Waals surface area contributed by atoms with Crippen molar-refractivity contribution in [3.63, 3.8) is 0 Å². The molecule has 0 bridgehead atoms. The third kappa shape index (κ3) is 3.41. The molecule has 2 N–H and O–H groups in total. The molecule has 2 aromatic rings. The normalized spacial score (nSPS) is 10.9. The fraction of sp³-hybridized carbons (Fsp3) is 0.294. The molecule has 0 aromatic heterocycles. The summed E-state index contributed by atoms with van der Waals surface area (Å²) in [5.41, 5.74) is 9.15. The Kier molecular flexibility index (Phi) is 4.84. The van der Waals surface area contributed by atoms with E-state index >= 15 is 0 Å². The van der Waals surface area contributed by atoms with E-state index in [0.717, 1.165) is 21.5 Å². The highest BCUT2D eigenvalue weighted by molar-refractivity contribution is 9.10. The van der Waals surface area contributed by atoms with Gasteiger partial charge in [0, 0.05) is 11.0 Å². The highest BCUT2D eigenvalue weighted by Crippen LogP contribution is 2.33. The van der Waals surface area contributed by atoms with Gasteiger partial charge in [0.2, 0.25) is 0 Å². The van der Waals surface area contributed by atoms with Crippen LogP contribution >= 0.6 is 15.9 Å². The predicted molar refractivity (Wildman–Crippen MR) is 87.4 cm³/mol. The topological polar surface area (TPSA) is 35.2 Å². The van der Waals surface area contributed by atoms with Crippen LogP contribution < -0.4 is 10.5 Å². The van der Waals surface area contributed by atoms with Gasteiger partial charge in [-0.1, -0.05) is 48.0 Å². The molecule has 0 saturated carbocycles. The first-order valence-electron chi connectivity index (χ1n) is 6.78. The van der Waals surface area contributed by atoms with Crippen molar-refractivity contribution in [2.45, 2.75) is 33.2 Å². The lowest BCUT2D eigenvalue weighted by atomic mass is 10.0. The van der Waals surface area contributed by atoms with Crippen molar-refractivity contribution in [2.24, 2.45) is 5.73 Å². The SMILES string of the molecule is Cc1ccc(C(C)C)c(Oc2ccc(CN)c(Br)c2)c1. The summed E-state index contributed by atoms with van der Waals surface area (Å²) >= 11 is 3.52. The van der Waals surface area contributed by atoms with Gasteiger partial charge >= 0.3 is 0 Å². The molecular formula is C17H20BrNO. The van der Waals surface area contributed by atoms with Crippen LogP contribution in [0.15, 0.2) is 40.9 Å². The van der Waals surface area contributed by atoms with Gasteiger partial charge < -0.3 is 10.5 Å². The standard InChI is InChI=1S/C17H20BrNO/c1-11(2)15-7-4-12(3)8-17(15)20-14-6-5-13(10-19)16(18)9-14/h4-9,11H,10,19H2,1-3H3. The minimum absolute atomic E-state index is 0.428. The molecule has 0 aliphatic rings. The van der Waals surface area contributed by atoms with Crippen LogP contribution in [-0.2, 0) is 6.54 Å². The Morgan fingerprint density at radius 1 is 1.15 bits per heavy atom. The third-order valence-corrected chi connectivity index (χ3v) is 4.00. The molecule has 106 valence electrons. The predicted octanol–water partition coefficient (Wildman–Crippen LogP) is 5.13. The van der Waals surface area contributed by atoms with Gasteiger partial charge in [-0.15, -0.1) is 0 Å². The van der Waals surface area contributed by atoms with E-state index in [1.807, 2.05) is 18.2 Å². The van der Waals surface area contributed by atoms with E-state index < -0.39 is 0 Å². The molecule has 3 heteroatoms. The molecule has 20 heavy (non-hydrogen) atoms. The fourth-order valence-electron chi connectivity index (χ4n) is 2.09. The molecule has 0 spiro atoms. The van der Waals surface area contributed by atoms with E-state index in [1.165, 1.54) is 11.1 Å². The zero-order chi connectivity index (χ0) is 14.7. The highest BCUT2D eigenvalue weighted by Gasteiger charge is 2.10. The second kappa shape index (κ2) is 6.42. The van der Waals surface area contributed by atoms with Crippen molar-refractivity contribution in [3.05, 3.63) is 57.6 Å². The van der Waals surface area contributed by atoms with Crippen LogP contribution in [0.3, 0.4) is 0 Å². The molecule has 0 heterocycles. The van der Waals surface area contributed by atoms with Crippen LogP contribution in [0.5, 0.6) is 11.5 Å². The van der Waals surface area contributed by atoms with Gasteiger partial charge in [-0.05, 0) is 47.7 Å². The maximum atomic E-state index is 6.06. The van der Waals surface area contributed by atoms with Gasteiger partial charge in [0.1, 0.15) is 11.5 Å². The fourth-order valence-corrected chi connectivity index (χ4v) is 2.61. The molecule has 0 aliphatic carbocycles. The molecule has 0 aliphatic heterocycles. The summed E-state index contributed by atoms with van der Waals surface area (Å²) in [5.74, 6) is 2.17. The lowest BCUT2D eigenvalue weighted by Gasteiger charge is -2.15. The second-order valence-corrected chi connectivity index (χ2v) is 6.11. The summed E-state index contributed by atoms with van der Waals surface area (Å²) in [6.45, 7) is 6.93. The van der Waals surface area contributed by atoms with Gasteiger partial charge in [-0.25, -0.2) is 0 Å². The number of hydrogen-bond donors (Lipinski definition) is 1. The molecule has 0 amide bonds. The van der Waals surface area contributed by atoms with Crippen molar-refractivity contribution in [1.29, 1.82) is 0 Å². The van der Waals surface area contributed by atoms with Crippen LogP contribution in [0, 0.1) is 6.92 Å². The minimum Gasteiger partial charge on any atom is -0.457 e. The summed E-state index contributed by atoms with van der Waals surface area (Å²) in [7, 11) is 0. The Hall–Kier alpha value is -1.32. The van der Waals surface area contributed by atoms with Crippen LogP contribution in [0.2, 0.25) is 0 Å². The Morgan fingerprint density at radius 3 is 2.50 bits per heavy atom. The summed E-state index contributed by atoms with van der Waals surface area (Å²) < 4.78 is 7.04. The lowest BCUT2D eigenvalue weighted by molar-refractivity contribution is 0.472. The molecule has 0 fully saturated rings. The third-order valence-electron chi connectivity index (χ3n) is 3.26. The monoisotopic (exact) mass is 333 g/mol. The summed E-state index contributed by atoms with van der Waals surface area (Å²) in [5, 5.41) is 0. The average molecular weight is 334 g/mol. The number of aryl methyl sites for hydroxylation is 1. The largest absolute Gasteiger partial charge is 0.457 e. The van der Waals surface area contributed by atoms with Crippen molar-refractivity contribution in [3.8, 4) is 11.5 Å². The second-order valence-electron chi connectivity index (χ2n) is 5.26. The molecule has 2 rings (SSSR count). The van der Waals surface area contributed by atoms with Crippen LogP contribution in [0.4, 0.5) is 0 Å². The molecule has 2 aromatic carbocycles. The van der Waals surface area contributed by atoms with E-state index in [9.17, 15) is 0 Å².